The lowest BCUT2D eigenvalue weighted by Gasteiger charge is -1.94. The van der Waals surface area contributed by atoms with Crippen LogP contribution < -0.4 is 0 Å². The van der Waals surface area contributed by atoms with Gasteiger partial charge in [0, 0.05) is 7.05 Å². The number of carboxylic acid groups (broad SMARTS) is 1. The molecule has 0 bridgehead atoms. The molecule has 17 heavy (non-hydrogen) atoms. The van der Waals surface area contributed by atoms with Crippen molar-refractivity contribution in [3.8, 4) is 0 Å². The highest BCUT2D eigenvalue weighted by Gasteiger charge is 2.35. The number of aromatic carboxylic acids is 1. The van der Waals surface area contributed by atoms with Crippen LogP contribution in [-0.2, 0) is 11.8 Å². The average Bonchev–Trinajstić information content (AvgIpc) is 2.54. The van der Waals surface area contributed by atoms with Gasteiger partial charge >= 0.3 is 17.6 Å². The number of carbonyl (C=O) groups excluding carboxylic acids is 1. The molecule has 0 aromatic carbocycles. The Bertz CT molecular complexity index is 482. The van der Waals surface area contributed by atoms with Crippen LogP contribution >= 0.6 is 12.4 Å². The summed E-state index contributed by atoms with van der Waals surface area (Å²) in [6.45, 7) is 0. The maximum absolute atomic E-state index is 11.1. The van der Waals surface area contributed by atoms with E-state index in [0.717, 1.165) is 11.8 Å². The third-order valence-corrected chi connectivity index (χ3v) is 1.79. The second-order valence-electron chi connectivity index (χ2n) is 2.72. The Labute approximate surface area is 101 Å². The molecule has 0 fully saturated rings. The molecule has 0 saturated carbocycles. The van der Waals surface area contributed by atoms with E-state index in [4.69, 9.17) is 5.11 Å². The molecule has 0 amide bonds. The molecule has 0 spiro atoms. The van der Waals surface area contributed by atoms with Crippen LogP contribution in [0.3, 0.4) is 0 Å². The Morgan fingerprint density at radius 3 is 2.41 bits per heavy atom. The molecule has 0 radical (unpaired) electrons. The number of nitro groups is 1. The number of methoxy groups -OCH3 is 1. The van der Waals surface area contributed by atoms with Gasteiger partial charge in [-0.25, -0.2) is 9.59 Å². The summed E-state index contributed by atoms with van der Waals surface area (Å²) in [6.07, 6.45) is 0. The summed E-state index contributed by atoms with van der Waals surface area (Å²) in [5.41, 5.74) is -2.18. The molecular weight excluding hydrogens is 258 g/mol. The third kappa shape index (κ3) is 2.50. The predicted molar refractivity (Wildman–Crippen MR) is 55.4 cm³/mol. The number of halogens is 1. The first-order chi connectivity index (χ1) is 7.40. The summed E-state index contributed by atoms with van der Waals surface area (Å²) in [5.74, 6) is -2.60. The molecule has 0 atom stereocenters. The summed E-state index contributed by atoms with van der Waals surface area (Å²) in [6, 6.07) is 0. The number of ether oxygens (including phenoxy) is 1. The smallest absolute Gasteiger partial charge is 0.365 e. The quantitative estimate of drug-likeness (QED) is 0.471. The molecule has 1 aromatic heterocycles. The molecule has 0 aliphatic carbocycles. The maximum atomic E-state index is 11.1. The van der Waals surface area contributed by atoms with Gasteiger partial charge in [0.25, 0.3) is 0 Å². The van der Waals surface area contributed by atoms with E-state index in [0.29, 0.717) is 0 Å². The highest BCUT2D eigenvalue weighted by molar-refractivity contribution is 5.99. The summed E-state index contributed by atoms with van der Waals surface area (Å²) >= 11 is 0. The second kappa shape index (κ2) is 5.25. The van der Waals surface area contributed by atoms with Crippen LogP contribution in [0.15, 0.2) is 0 Å². The van der Waals surface area contributed by atoms with Crippen molar-refractivity contribution in [3.05, 3.63) is 21.5 Å². The van der Waals surface area contributed by atoms with Crippen molar-refractivity contribution in [3.63, 3.8) is 0 Å². The minimum atomic E-state index is -1.54. The van der Waals surface area contributed by atoms with Crippen molar-refractivity contribution in [2.45, 2.75) is 0 Å². The Morgan fingerprint density at radius 2 is 2.06 bits per heavy atom. The zero-order valence-electron chi connectivity index (χ0n) is 8.74. The van der Waals surface area contributed by atoms with Crippen LogP contribution in [0.1, 0.15) is 21.0 Å². The average molecular weight is 266 g/mol. The molecular formula is C7H8ClN3O6. The Hall–Kier alpha value is -2.16. The second-order valence-corrected chi connectivity index (χ2v) is 2.72. The predicted octanol–water partition coefficient (Wildman–Crippen LogP) is 0.235. The number of aryl methyl sites for hydroxylation is 1. The first kappa shape index (κ1) is 14.8. The van der Waals surface area contributed by atoms with Crippen LogP contribution in [0.4, 0.5) is 5.69 Å². The molecule has 1 aromatic rings. The van der Waals surface area contributed by atoms with Gasteiger partial charge in [0.15, 0.2) is 0 Å². The minimum absolute atomic E-state index is 0. The summed E-state index contributed by atoms with van der Waals surface area (Å²) in [4.78, 5) is 31.6. The third-order valence-electron chi connectivity index (χ3n) is 1.79. The first-order valence-electron chi connectivity index (χ1n) is 3.93. The van der Waals surface area contributed by atoms with E-state index in [-0.39, 0.29) is 12.4 Å². The highest BCUT2D eigenvalue weighted by atomic mass is 35.5. The van der Waals surface area contributed by atoms with Gasteiger partial charge in [-0.3, -0.25) is 14.8 Å². The van der Waals surface area contributed by atoms with Crippen LogP contribution in [0, 0.1) is 10.1 Å². The van der Waals surface area contributed by atoms with E-state index < -0.39 is 33.9 Å². The molecule has 0 saturated heterocycles. The normalized spacial score (nSPS) is 9.29. The first-order valence-corrected chi connectivity index (χ1v) is 3.93. The van der Waals surface area contributed by atoms with Crippen molar-refractivity contribution >= 4 is 30.0 Å². The zero-order chi connectivity index (χ0) is 12.5. The van der Waals surface area contributed by atoms with Crippen LogP contribution in [0.2, 0.25) is 0 Å². The van der Waals surface area contributed by atoms with Crippen molar-refractivity contribution in [1.82, 2.24) is 9.78 Å². The minimum Gasteiger partial charge on any atom is -0.476 e. The molecule has 1 N–H and O–H groups in total. The van der Waals surface area contributed by atoms with Crippen molar-refractivity contribution in [2.24, 2.45) is 7.05 Å². The fourth-order valence-electron chi connectivity index (χ4n) is 1.16. The number of aromatic nitrogens is 2. The number of esters is 1. The van der Waals surface area contributed by atoms with E-state index in [1.54, 1.807) is 0 Å². The fourth-order valence-corrected chi connectivity index (χ4v) is 1.16. The zero-order valence-corrected chi connectivity index (χ0v) is 9.55. The SMILES string of the molecule is COC(=O)c1nn(C)c(C(=O)O)c1[N+](=O)[O-].Cl. The number of nitrogens with zero attached hydrogens (tertiary/aromatic N) is 3. The lowest BCUT2D eigenvalue weighted by atomic mass is 10.3. The summed E-state index contributed by atoms with van der Waals surface area (Å²) in [7, 11) is 2.20. The standard InChI is InChI=1S/C7H7N3O6.ClH/c1-9-5(6(11)12)4(10(14)15)3(8-9)7(13)16-2;/h1-2H3,(H,11,12);1H. The molecule has 10 heteroatoms. The highest BCUT2D eigenvalue weighted by Crippen LogP contribution is 2.23. The lowest BCUT2D eigenvalue weighted by molar-refractivity contribution is -0.385. The van der Waals surface area contributed by atoms with Gasteiger partial charge in [-0.1, -0.05) is 0 Å². The van der Waals surface area contributed by atoms with E-state index in [1.807, 2.05) is 0 Å². The Morgan fingerprint density at radius 1 is 1.53 bits per heavy atom. The van der Waals surface area contributed by atoms with E-state index >= 15 is 0 Å². The Kier molecular flexibility index (Phi) is 4.59. The summed E-state index contributed by atoms with van der Waals surface area (Å²) < 4.78 is 5.01. The van der Waals surface area contributed by atoms with Crippen LogP contribution in [-0.4, -0.2) is 38.9 Å². The van der Waals surface area contributed by atoms with Gasteiger partial charge in [-0.05, 0) is 0 Å². The molecule has 1 heterocycles. The number of hydrogen-bond acceptors (Lipinski definition) is 6. The fraction of sp³-hybridized carbons (Fsp3) is 0.286. The lowest BCUT2D eigenvalue weighted by Crippen LogP contribution is -2.08. The van der Waals surface area contributed by atoms with Crippen molar-refractivity contribution in [1.29, 1.82) is 0 Å². The van der Waals surface area contributed by atoms with E-state index in [1.165, 1.54) is 7.05 Å². The Balaban J connectivity index is 0.00000256. The maximum Gasteiger partial charge on any atom is 0.365 e. The van der Waals surface area contributed by atoms with Gasteiger partial charge in [0.1, 0.15) is 0 Å². The monoisotopic (exact) mass is 265 g/mol. The number of hydrogen-bond donors (Lipinski definition) is 1. The van der Waals surface area contributed by atoms with Crippen molar-refractivity contribution in [2.75, 3.05) is 7.11 Å². The number of carbonyl (C=O) groups is 2. The van der Waals surface area contributed by atoms with Gasteiger partial charge < -0.3 is 9.84 Å². The molecule has 94 valence electrons. The number of carboxylic acids is 1. The molecule has 0 aliphatic heterocycles. The van der Waals surface area contributed by atoms with Crippen LogP contribution in [0.25, 0.3) is 0 Å². The molecule has 1 rings (SSSR count). The van der Waals surface area contributed by atoms with Crippen molar-refractivity contribution < 1.29 is 24.4 Å². The van der Waals surface area contributed by atoms with Gasteiger partial charge in [0.2, 0.25) is 11.4 Å². The van der Waals surface area contributed by atoms with Gasteiger partial charge in [-0.15, -0.1) is 12.4 Å². The number of rotatable bonds is 3. The van der Waals surface area contributed by atoms with E-state index in [2.05, 4.69) is 9.84 Å². The molecule has 9 nitrogen and oxygen atoms in total. The summed E-state index contributed by atoms with van der Waals surface area (Å²) in [5, 5.41) is 22.9. The molecule has 0 unspecified atom stereocenters. The topological polar surface area (TPSA) is 125 Å². The van der Waals surface area contributed by atoms with Gasteiger partial charge in [-0.2, -0.15) is 5.10 Å². The molecule has 0 aliphatic rings. The van der Waals surface area contributed by atoms with E-state index in [9.17, 15) is 19.7 Å². The van der Waals surface area contributed by atoms with Gasteiger partial charge in [0.05, 0.1) is 12.0 Å². The van der Waals surface area contributed by atoms with Crippen LogP contribution in [0.5, 0.6) is 0 Å². The largest absolute Gasteiger partial charge is 0.476 e.